The van der Waals surface area contributed by atoms with Gasteiger partial charge in [0, 0.05) is 12.5 Å². The second-order valence-electron chi connectivity index (χ2n) is 6.29. The first-order valence-electron chi connectivity index (χ1n) is 9.27. The van der Waals surface area contributed by atoms with Crippen LogP contribution in [0.5, 0.6) is 17.2 Å². The van der Waals surface area contributed by atoms with Crippen LogP contribution in [-0.4, -0.2) is 37.4 Å². The average Bonchev–Trinajstić information content (AvgIpc) is 3.23. The Labute approximate surface area is 179 Å². The monoisotopic (exact) mass is 425 g/mol. The minimum absolute atomic E-state index is 0.275. The predicted molar refractivity (Wildman–Crippen MR) is 118 cm³/mol. The second kappa shape index (κ2) is 10.4. The third kappa shape index (κ3) is 5.81. The molecule has 1 N–H and O–H groups in total. The number of hydrogen-bond acceptors (Lipinski definition) is 7. The van der Waals surface area contributed by atoms with Crippen molar-refractivity contribution in [2.24, 2.45) is 0 Å². The van der Waals surface area contributed by atoms with Crippen LogP contribution >= 0.6 is 11.3 Å². The zero-order valence-electron chi connectivity index (χ0n) is 17.0. The van der Waals surface area contributed by atoms with Crippen molar-refractivity contribution in [1.29, 1.82) is 0 Å². The average molecular weight is 426 g/mol. The molecular weight excluding hydrogens is 402 g/mol. The number of nitrogens with zero attached hydrogens (tertiary/aromatic N) is 2. The largest absolute Gasteiger partial charge is 0.497 e. The standard InChI is InChI=1S/C22H23N3O4S/c1-27-17-9-4-15(5-10-17)8-13-21-24-25-22(30-21)23-20(26)12-7-16-6-11-18(28-2)19(14-16)29-3/h4-7,9-12,14H,8,13H2,1-3H3,(H,23,25,26)/b12-7+. The van der Waals surface area contributed by atoms with Gasteiger partial charge in [-0.05, 0) is 47.9 Å². The van der Waals surface area contributed by atoms with Crippen molar-refractivity contribution >= 4 is 28.5 Å². The number of amides is 1. The van der Waals surface area contributed by atoms with Crippen LogP contribution in [0.1, 0.15) is 16.1 Å². The molecule has 0 aliphatic heterocycles. The summed E-state index contributed by atoms with van der Waals surface area (Å²) >= 11 is 1.37. The molecule has 0 radical (unpaired) electrons. The molecule has 0 spiro atoms. The Morgan fingerprint density at radius 1 is 0.967 bits per heavy atom. The maximum absolute atomic E-state index is 12.2. The number of ether oxygens (including phenoxy) is 3. The van der Waals surface area contributed by atoms with Gasteiger partial charge in [-0.15, -0.1) is 10.2 Å². The van der Waals surface area contributed by atoms with Gasteiger partial charge in [-0.2, -0.15) is 0 Å². The number of benzene rings is 2. The first kappa shape index (κ1) is 21.3. The maximum atomic E-state index is 12.2. The first-order valence-corrected chi connectivity index (χ1v) is 10.1. The Hall–Kier alpha value is -3.39. The predicted octanol–water partition coefficient (Wildman–Crippen LogP) is 4.00. The number of anilines is 1. The van der Waals surface area contributed by atoms with Crippen molar-refractivity contribution in [3.8, 4) is 17.2 Å². The molecule has 0 aliphatic carbocycles. The van der Waals surface area contributed by atoms with Crippen molar-refractivity contribution in [3.63, 3.8) is 0 Å². The summed E-state index contributed by atoms with van der Waals surface area (Å²) in [7, 11) is 4.79. The number of hydrogen-bond donors (Lipinski definition) is 1. The summed E-state index contributed by atoms with van der Waals surface area (Å²) in [6.45, 7) is 0. The number of rotatable bonds is 9. The lowest BCUT2D eigenvalue weighted by atomic mass is 10.1. The number of aromatic nitrogens is 2. The van der Waals surface area contributed by atoms with Gasteiger partial charge >= 0.3 is 0 Å². The van der Waals surface area contributed by atoms with E-state index in [4.69, 9.17) is 14.2 Å². The van der Waals surface area contributed by atoms with Crippen LogP contribution in [-0.2, 0) is 17.6 Å². The smallest absolute Gasteiger partial charge is 0.250 e. The number of methoxy groups -OCH3 is 3. The van der Waals surface area contributed by atoms with Crippen LogP contribution < -0.4 is 19.5 Å². The zero-order valence-corrected chi connectivity index (χ0v) is 17.9. The molecule has 8 heteroatoms. The van der Waals surface area contributed by atoms with Gasteiger partial charge in [0.05, 0.1) is 21.3 Å². The quantitative estimate of drug-likeness (QED) is 0.522. The van der Waals surface area contributed by atoms with Crippen LogP contribution in [0.3, 0.4) is 0 Å². The van der Waals surface area contributed by atoms with Gasteiger partial charge in [0.2, 0.25) is 11.0 Å². The van der Waals surface area contributed by atoms with E-state index in [2.05, 4.69) is 15.5 Å². The van der Waals surface area contributed by atoms with Crippen molar-refractivity contribution in [2.45, 2.75) is 12.8 Å². The van der Waals surface area contributed by atoms with E-state index in [0.29, 0.717) is 16.6 Å². The lowest BCUT2D eigenvalue weighted by Crippen LogP contribution is -2.07. The van der Waals surface area contributed by atoms with Crippen molar-refractivity contribution in [2.75, 3.05) is 26.6 Å². The molecule has 7 nitrogen and oxygen atoms in total. The van der Waals surface area contributed by atoms with Crippen molar-refractivity contribution < 1.29 is 19.0 Å². The van der Waals surface area contributed by atoms with Gasteiger partial charge in [-0.1, -0.05) is 29.5 Å². The number of carbonyl (C=O) groups is 1. The fraction of sp³-hybridized carbons (Fsp3) is 0.227. The lowest BCUT2D eigenvalue weighted by Gasteiger charge is -2.07. The Kier molecular flexibility index (Phi) is 7.40. The third-order valence-corrected chi connectivity index (χ3v) is 5.22. The molecule has 0 atom stereocenters. The zero-order chi connectivity index (χ0) is 21.3. The summed E-state index contributed by atoms with van der Waals surface area (Å²) in [5.41, 5.74) is 2.01. The van der Waals surface area contributed by atoms with Crippen LogP contribution in [0, 0.1) is 0 Å². The SMILES string of the molecule is COc1ccc(CCc2nnc(NC(=O)/C=C/c3ccc(OC)c(OC)c3)s2)cc1. The van der Waals surface area contributed by atoms with Gasteiger partial charge in [-0.25, -0.2) is 0 Å². The highest BCUT2D eigenvalue weighted by molar-refractivity contribution is 7.15. The second-order valence-corrected chi connectivity index (χ2v) is 7.35. The number of aryl methyl sites for hydroxylation is 2. The Balaban J connectivity index is 1.53. The molecule has 0 unspecified atom stereocenters. The molecule has 1 amide bonds. The van der Waals surface area contributed by atoms with E-state index in [-0.39, 0.29) is 5.91 Å². The molecule has 3 rings (SSSR count). The summed E-state index contributed by atoms with van der Waals surface area (Å²) in [5.74, 6) is 1.80. The molecule has 1 heterocycles. The van der Waals surface area contributed by atoms with E-state index in [1.54, 1.807) is 39.5 Å². The molecule has 0 aliphatic rings. The lowest BCUT2D eigenvalue weighted by molar-refractivity contribution is -0.111. The van der Waals surface area contributed by atoms with Crippen molar-refractivity contribution in [3.05, 3.63) is 64.7 Å². The van der Waals surface area contributed by atoms with Gasteiger partial charge in [0.1, 0.15) is 10.8 Å². The molecule has 156 valence electrons. The van der Waals surface area contributed by atoms with Gasteiger partial charge in [0.15, 0.2) is 11.5 Å². The van der Waals surface area contributed by atoms with Crippen molar-refractivity contribution in [1.82, 2.24) is 10.2 Å². The fourth-order valence-electron chi connectivity index (χ4n) is 2.72. The third-order valence-electron chi connectivity index (χ3n) is 4.32. The molecule has 30 heavy (non-hydrogen) atoms. The van der Waals surface area contributed by atoms with E-state index in [1.165, 1.54) is 23.0 Å². The van der Waals surface area contributed by atoms with E-state index >= 15 is 0 Å². The molecule has 1 aromatic heterocycles. The highest BCUT2D eigenvalue weighted by atomic mass is 32.1. The van der Waals surface area contributed by atoms with Gasteiger partial charge < -0.3 is 14.2 Å². The van der Waals surface area contributed by atoms with Crippen LogP contribution in [0.15, 0.2) is 48.5 Å². The van der Waals surface area contributed by atoms with Crippen LogP contribution in [0.2, 0.25) is 0 Å². The first-order chi connectivity index (χ1) is 14.6. The minimum Gasteiger partial charge on any atom is -0.497 e. The van der Waals surface area contributed by atoms with E-state index < -0.39 is 0 Å². The maximum Gasteiger partial charge on any atom is 0.250 e. The summed E-state index contributed by atoms with van der Waals surface area (Å²) < 4.78 is 15.6. The summed E-state index contributed by atoms with van der Waals surface area (Å²) in [6.07, 6.45) is 4.73. The van der Waals surface area contributed by atoms with Gasteiger partial charge in [0.25, 0.3) is 0 Å². The van der Waals surface area contributed by atoms with Gasteiger partial charge in [-0.3, -0.25) is 10.1 Å². The molecule has 0 fully saturated rings. The number of carbonyl (C=O) groups excluding carboxylic acids is 1. The minimum atomic E-state index is -0.275. The fourth-order valence-corrected chi connectivity index (χ4v) is 3.47. The van der Waals surface area contributed by atoms with Crippen LogP contribution in [0.25, 0.3) is 6.08 Å². The number of nitrogens with one attached hydrogen (secondary N) is 1. The summed E-state index contributed by atoms with van der Waals surface area (Å²) in [4.78, 5) is 12.2. The Bertz CT molecular complexity index is 1020. The molecule has 2 aromatic carbocycles. The van der Waals surface area contributed by atoms with E-state index in [1.807, 2.05) is 30.3 Å². The highest BCUT2D eigenvalue weighted by Gasteiger charge is 2.08. The molecule has 3 aromatic rings. The normalized spacial score (nSPS) is 10.8. The van der Waals surface area contributed by atoms with Crippen LogP contribution in [0.4, 0.5) is 5.13 Å². The Morgan fingerprint density at radius 3 is 2.43 bits per heavy atom. The highest BCUT2D eigenvalue weighted by Crippen LogP contribution is 2.28. The molecular formula is C22H23N3O4S. The topological polar surface area (TPSA) is 82.6 Å². The summed E-state index contributed by atoms with van der Waals surface area (Å²) in [6, 6.07) is 13.4. The van der Waals surface area contributed by atoms with E-state index in [9.17, 15) is 4.79 Å². The Morgan fingerprint density at radius 2 is 1.73 bits per heavy atom. The summed E-state index contributed by atoms with van der Waals surface area (Å²) in [5, 5.41) is 12.3. The molecule has 0 saturated heterocycles. The molecule has 0 bridgehead atoms. The van der Waals surface area contributed by atoms with E-state index in [0.717, 1.165) is 29.2 Å². The molecule has 0 saturated carbocycles.